The van der Waals surface area contributed by atoms with Crippen molar-refractivity contribution in [2.24, 2.45) is 0 Å². The largest absolute Gasteiger partial charge is 0.316 e. The summed E-state index contributed by atoms with van der Waals surface area (Å²) in [5.74, 6) is 0.897. The molecule has 5 heteroatoms. The normalized spacial score (nSPS) is 11.4. The van der Waals surface area contributed by atoms with E-state index in [4.69, 9.17) is 11.6 Å². The van der Waals surface area contributed by atoms with Gasteiger partial charge >= 0.3 is 0 Å². The van der Waals surface area contributed by atoms with Gasteiger partial charge in [-0.3, -0.25) is 0 Å². The number of nitrogens with zero attached hydrogens (tertiary/aromatic N) is 3. The third-order valence-corrected chi connectivity index (χ3v) is 4.19. The van der Waals surface area contributed by atoms with Gasteiger partial charge in [-0.1, -0.05) is 18.5 Å². The van der Waals surface area contributed by atoms with Gasteiger partial charge in [0.15, 0.2) is 0 Å². The van der Waals surface area contributed by atoms with Gasteiger partial charge in [-0.05, 0) is 36.2 Å². The van der Waals surface area contributed by atoms with Crippen LogP contribution in [0.15, 0.2) is 4.47 Å². The molecule has 0 amide bonds. The first kappa shape index (κ1) is 12.8. The van der Waals surface area contributed by atoms with Gasteiger partial charge < -0.3 is 4.57 Å². The van der Waals surface area contributed by atoms with Crippen molar-refractivity contribution < 1.29 is 0 Å². The number of aryl methyl sites for hydroxylation is 3. The van der Waals surface area contributed by atoms with Crippen molar-refractivity contribution in [1.29, 1.82) is 0 Å². The molecule has 17 heavy (non-hydrogen) atoms. The average Bonchev–Trinajstić information content (AvgIpc) is 2.52. The van der Waals surface area contributed by atoms with Crippen molar-refractivity contribution in [2.45, 2.75) is 40.2 Å². The van der Waals surface area contributed by atoms with Crippen LogP contribution in [0, 0.1) is 6.92 Å². The molecule has 0 unspecified atom stereocenters. The second-order valence-electron chi connectivity index (χ2n) is 4.02. The predicted molar refractivity (Wildman–Crippen MR) is 74.6 cm³/mol. The van der Waals surface area contributed by atoms with Gasteiger partial charge in [0.05, 0.1) is 15.6 Å². The molecule has 0 bridgehead atoms. The lowest BCUT2D eigenvalue weighted by molar-refractivity contribution is 0.771. The monoisotopic (exact) mass is 315 g/mol. The fourth-order valence-electron chi connectivity index (χ4n) is 2.01. The van der Waals surface area contributed by atoms with Crippen molar-refractivity contribution in [3.63, 3.8) is 0 Å². The van der Waals surface area contributed by atoms with E-state index in [0.717, 1.165) is 46.4 Å². The molecule has 0 saturated carbocycles. The topological polar surface area (TPSA) is 30.7 Å². The fraction of sp³-hybridized carbons (Fsp3) is 0.500. The Kier molecular flexibility index (Phi) is 3.73. The standard InChI is InChI=1S/C12H15BrClN3/c1-4-6-8-15-7(3)9-10(13)11(14)17(5-2)12(9)16-8/h4-6H2,1-3H3. The van der Waals surface area contributed by atoms with E-state index in [-0.39, 0.29) is 0 Å². The summed E-state index contributed by atoms with van der Waals surface area (Å²) in [7, 11) is 0. The minimum Gasteiger partial charge on any atom is -0.316 e. The molecule has 0 aliphatic heterocycles. The molecule has 0 fully saturated rings. The predicted octanol–water partition coefficient (Wildman–Crippen LogP) is 4.13. The minimum atomic E-state index is 0.702. The van der Waals surface area contributed by atoms with Crippen LogP contribution in [0.1, 0.15) is 31.8 Å². The molecule has 2 heterocycles. The molecular weight excluding hydrogens is 302 g/mol. The maximum absolute atomic E-state index is 6.29. The molecule has 0 saturated heterocycles. The first-order valence-electron chi connectivity index (χ1n) is 5.80. The van der Waals surface area contributed by atoms with Crippen molar-refractivity contribution in [3.8, 4) is 0 Å². The molecule has 2 aromatic rings. The van der Waals surface area contributed by atoms with E-state index in [1.807, 2.05) is 11.5 Å². The Bertz CT molecular complexity index is 563. The maximum atomic E-state index is 6.29. The maximum Gasteiger partial charge on any atom is 0.146 e. The van der Waals surface area contributed by atoms with E-state index in [1.54, 1.807) is 0 Å². The average molecular weight is 317 g/mol. The molecule has 2 rings (SSSR count). The summed E-state index contributed by atoms with van der Waals surface area (Å²) < 4.78 is 2.91. The summed E-state index contributed by atoms with van der Waals surface area (Å²) in [6, 6.07) is 0. The number of hydrogen-bond donors (Lipinski definition) is 0. The highest BCUT2D eigenvalue weighted by Crippen LogP contribution is 2.35. The minimum absolute atomic E-state index is 0.702. The van der Waals surface area contributed by atoms with Gasteiger partial charge in [0.25, 0.3) is 0 Å². The Morgan fingerprint density at radius 2 is 2.00 bits per heavy atom. The molecule has 2 aromatic heterocycles. The van der Waals surface area contributed by atoms with Crippen molar-refractivity contribution in [3.05, 3.63) is 21.1 Å². The summed E-state index contributed by atoms with van der Waals surface area (Å²) in [5.41, 5.74) is 1.92. The van der Waals surface area contributed by atoms with E-state index in [0.29, 0.717) is 5.15 Å². The Balaban J connectivity index is 2.77. The van der Waals surface area contributed by atoms with Gasteiger partial charge in [0, 0.05) is 13.0 Å². The second kappa shape index (κ2) is 4.94. The molecule has 0 spiro atoms. The lowest BCUT2D eigenvalue weighted by Gasteiger charge is -2.04. The highest BCUT2D eigenvalue weighted by Gasteiger charge is 2.17. The van der Waals surface area contributed by atoms with E-state index in [9.17, 15) is 0 Å². The third kappa shape index (κ3) is 2.08. The van der Waals surface area contributed by atoms with Gasteiger partial charge in [-0.15, -0.1) is 0 Å². The summed E-state index contributed by atoms with van der Waals surface area (Å²) in [4.78, 5) is 9.14. The summed E-state index contributed by atoms with van der Waals surface area (Å²) >= 11 is 9.81. The van der Waals surface area contributed by atoms with E-state index in [1.165, 1.54) is 0 Å². The molecule has 92 valence electrons. The molecule has 0 N–H and O–H groups in total. The van der Waals surface area contributed by atoms with Crippen LogP contribution in [-0.2, 0) is 13.0 Å². The van der Waals surface area contributed by atoms with Crippen LogP contribution in [0.4, 0.5) is 0 Å². The first-order chi connectivity index (χ1) is 8.10. The van der Waals surface area contributed by atoms with Gasteiger partial charge in [-0.25, -0.2) is 9.97 Å². The molecule has 3 nitrogen and oxygen atoms in total. The Morgan fingerprint density at radius 1 is 1.29 bits per heavy atom. The Hall–Kier alpha value is -0.610. The smallest absolute Gasteiger partial charge is 0.146 e. The lowest BCUT2D eigenvalue weighted by atomic mass is 10.2. The zero-order chi connectivity index (χ0) is 12.6. The molecule has 0 radical (unpaired) electrons. The van der Waals surface area contributed by atoms with Gasteiger partial charge in [0.1, 0.15) is 16.6 Å². The Morgan fingerprint density at radius 3 is 2.59 bits per heavy atom. The zero-order valence-corrected chi connectivity index (χ0v) is 12.6. The third-order valence-electron chi connectivity index (χ3n) is 2.80. The van der Waals surface area contributed by atoms with Crippen LogP contribution >= 0.6 is 27.5 Å². The van der Waals surface area contributed by atoms with Crippen molar-refractivity contribution >= 4 is 38.6 Å². The molecule has 0 aliphatic carbocycles. The summed E-state index contributed by atoms with van der Waals surface area (Å²) in [6.07, 6.45) is 1.95. The number of fused-ring (bicyclic) bond motifs is 1. The number of halogens is 2. The second-order valence-corrected chi connectivity index (χ2v) is 5.17. The highest BCUT2D eigenvalue weighted by molar-refractivity contribution is 9.10. The van der Waals surface area contributed by atoms with Gasteiger partial charge in [0.2, 0.25) is 0 Å². The summed E-state index contributed by atoms with van der Waals surface area (Å²) in [5, 5.41) is 1.73. The van der Waals surface area contributed by atoms with E-state index in [2.05, 4.69) is 39.7 Å². The van der Waals surface area contributed by atoms with Crippen molar-refractivity contribution in [1.82, 2.24) is 14.5 Å². The molecule has 0 aliphatic rings. The highest BCUT2D eigenvalue weighted by atomic mass is 79.9. The molecular formula is C12H15BrClN3. The molecule has 0 aromatic carbocycles. The van der Waals surface area contributed by atoms with Crippen LogP contribution in [0.3, 0.4) is 0 Å². The van der Waals surface area contributed by atoms with Gasteiger partial charge in [-0.2, -0.15) is 0 Å². The quantitative estimate of drug-likeness (QED) is 0.852. The van der Waals surface area contributed by atoms with Crippen LogP contribution in [0.2, 0.25) is 5.15 Å². The first-order valence-corrected chi connectivity index (χ1v) is 6.97. The van der Waals surface area contributed by atoms with Crippen molar-refractivity contribution in [2.75, 3.05) is 0 Å². The van der Waals surface area contributed by atoms with Crippen LogP contribution in [0.25, 0.3) is 11.0 Å². The molecule has 0 atom stereocenters. The van der Waals surface area contributed by atoms with Crippen LogP contribution in [0.5, 0.6) is 0 Å². The summed E-state index contributed by atoms with van der Waals surface area (Å²) in [6.45, 7) is 7.01. The zero-order valence-electron chi connectivity index (χ0n) is 10.2. The van der Waals surface area contributed by atoms with E-state index >= 15 is 0 Å². The number of aromatic nitrogens is 3. The number of rotatable bonds is 3. The van der Waals surface area contributed by atoms with Crippen LogP contribution in [-0.4, -0.2) is 14.5 Å². The van der Waals surface area contributed by atoms with E-state index < -0.39 is 0 Å². The Labute approximate surface area is 114 Å². The lowest BCUT2D eigenvalue weighted by Crippen LogP contribution is -2.01. The number of hydrogen-bond acceptors (Lipinski definition) is 2. The fourth-order valence-corrected chi connectivity index (χ4v) is 2.98. The van der Waals surface area contributed by atoms with Crippen LogP contribution < -0.4 is 0 Å². The SMILES string of the molecule is CCCc1nc(C)c2c(Br)c(Cl)n(CC)c2n1.